The highest BCUT2D eigenvalue weighted by atomic mass is 35.5. The first-order valence-electron chi connectivity index (χ1n) is 5.51. The highest BCUT2D eigenvalue weighted by Gasteiger charge is 2.18. The lowest BCUT2D eigenvalue weighted by atomic mass is 10.2. The van der Waals surface area contributed by atoms with Crippen LogP contribution >= 0.6 is 11.6 Å². The molecule has 0 saturated heterocycles. The standard InChI is InChI=1S/C13H11ClN2O3/c14-11-2-1-3-12(16(17)18)13(11)19-10-6-4-9(8-15)5-7-10/h1-7H,8,15H2. The molecule has 0 aliphatic carbocycles. The summed E-state index contributed by atoms with van der Waals surface area (Å²) in [4.78, 5) is 10.4. The molecule has 0 fully saturated rings. The molecule has 2 aromatic carbocycles. The van der Waals surface area contributed by atoms with Crippen LogP contribution in [0.15, 0.2) is 42.5 Å². The lowest BCUT2D eigenvalue weighted by Gasteiger charge is -2.08. The van der Waals surface area contributed by atoms with Gasteiger partial charge in [0.05, 0.1) is 9.95 Å². The Morgan fingerprint density at radius 2 is 1.89 bits per heavy atom. The van der Waals surface area contributed by atoms with Crippen molar-refractivity contribution in [3.05, 3.63) is 63.2 Å². The third-order valence-corrected chi connectivity index (χ3v) is 2.82. The van der Waals surface area contributed by atoms with Gasteiger partial charge in [-0.05, 0) is 23.8 Å². The van der Waals surface area contributed by atoms with Crippen molar-refractivity contribution in [2.45, 2.75) is 6.54 Å². The van der Waals surface area contributed by atoms with Gasteiger partial charge in [-0.2, -0.15) is 0 Å². The summed E-state index contributed by atoms with van der Waals surface area (Å²) in [7, 11) is 0. The van der Waals surface area contributed by atoms with Crippen LogP contribution < -0.4 is 10.5 Å². The molecule has 98 valence electrons. The van der Waals surface area contributed by atoms with E-state index >= 15 is 0 Å². The number of hydrogen-bond acceptors (Lipinski definition) is 4. The van der Waals surface area contributed by atoms with Crippen molar-refractivity contribution in [3.63, 3.8) is 0 Å². The Hall–Kier alpha value is -2.11. The average molecular weight is 279 g/mol. The van der Waals surface area contributed by atoms with Crippen LogP contribution in [0.25, 0.3) is 0 Å². The SMILES string of the molecule is NCc1ccc(Oc2c(Cl)cccc2[N+](=O)[O-])cc1. The van der Waals surface area contributed by atoms with Crippen LogP contribution in [0.3, 0.4) is 0 Å². The highest BCUT2D eigenvalue weighted by molar-refractivity contribution is 6.32. The van der Waals surface area contributed by atoms with E-state index in [9.17, 15) is 10.1 Å². The van der Waals surface area contributed by atoms with Crippen LogP contribution in [0, 0.1) is 10.1 Å². The molecule has 0 bridgehead atoms. The maximum Gasteiger partial charge on any atom is 0.313 e. The van der Waals surface area contributed by atoms with Crippen molar-refractivity contribution < 1.29 is 9.66 Å². The fourth-order valence-electron chi connectivity index (χ4n) is 1.55. The number of benzene rings is 2. The summed E-state index contributed by atoms with van der Waals surface area (Å²) in [5.74, 6) is 0.503. The topological polar surface area (TPSA) is 78.4 Å². The maximum atomic E-state index is 10.9. The maximum absolute atomic E-state index is 10.9. The van der Waals surface area contributed by atoms with E-state index in [4.69, 9.17) is 22.1 Å². The Morgan fingerprint density at radius 1 is 1.21 bits per heavy atom. The minimum absolute atomic E-state index is 0.0367. The summed E-state index contributed by atoms with van der Waals surface area (Å²) >= 11 is 5.93. The van der Waals surface area contributed by atoms with E-state index in [1.807, 2.05) is 0 Å². The molecule has 5 nitrogen and oxygen atoms in total. The zero-order chi connectivity index (χ0) is 13.8. The monoisotopic (exact) mass is 278 g/mol. The van der Waals surface area contributed by atoms with E-state index in [1.165, 1.54) is 18.2 Å². The van der Waals surface area contributed by atoms with Gasteiger partial charge in [-0.15, -0.1) is 0 Å². The number of nitrogens with zero attached hydrogens (tertiary/aromatic N) is 1. The van der Waals surface area contributed by atoms with Crippen molar-refractivity contribution in [2.24, 2.45) is 5.73 Å². The summed E-state index contributed by atoms with van der Waals surface area (Å²) in [5.41, 5.74) is 6.26. The van der Waals surface area contributed by atoms with Gasteiger partial charge in [-0.25, -0.2) is 0 Å². The summed E-state index contributed by atoms with van der Waals surface area (Å²) in [6.45, 7) is 0.423. The summed E-state index contributed by atoms with van der Waals surface area (Å²) in [6.07, 6.45) is 0. The van der Waals surface area contributed by atoms with Crippen LogP contribution in [-0.4, -0.2) is 4.92 Å². The Morgan fingerprint density at radius 3 is 2.47 bits per heavy atom. The van der Waals surface area contributed by atoms with E-state index in [1.54, 1.807) is 24.3 Å². The molecule has 2 aromatic rings. The fourth-order valence-corrected chi connectivity index (χ4v) is 1.76. The molecular weight excluding hydrogens is 268 g/mol. The van der Waals surface area contributed by atoms with Crippen LogP contribution in [-0.2, 0) is 6.54 Å². The second-order valence-electron chi connectivity index (χ2n) is 3.80. The molecular formula is C13H11ClN2O3. The fraction of sp³-hybridized carbons (Fsp3) is 0.0769. The zero-order valence-electron chi connectivity index (χ0n) is 9.88. The Kier molecular flexibility index (Phi) is 3.99. The van der Waals surface area contributed by atoms with E-state index in [0.717, 1.165) is 5.56 Å². The smallest absolute Gasteiger partial charge is 0.313 e. The molecule has 2 rings (SSSR count). The van der Waals surface area contributed by atoms with Gasteiger partial charge in [0, 0.05) is 12.6 Å². The second-order valence-corrected chi connectivity index (χ2v) is 4.20. The summed E-state index contributed by atoms with van der Waals surface area (Å²) < 4.78 is 5.49. The average Bonchev–Trinajstić information content (AvgIpc) is 2.41. The number of nitrogens with two attached hydrogens (primary N) is 1. The van der Waals surface area contributed by atoms with Crippen LogP contribution in [0.2, 0.25) is 5.02 Å². The van der Waals surface area contributed by atoms with Crippen molar-refractivity contribution in [2.75, 3.05) is 0 Å². The zero-order valence-corrected chi connectivity index (χ0v) is 10.6. The van der Waals surface area contributed by atoms with E-state index < -0.39 is 4.92 Å². The molecule has 0 unspecified atom stereocenters. The molecule has 6 heteroatoms. The predicted octanol–water partition coefficient (Wildman–Crippen LogP) is 3.50. The Labute approximate surface area is 114 Å². The number of rotatable bonds is 4. The first-order valence-corrected chi connectivity index (χ1v) is 5.89. The van der Waals surface area contributed by atoms with E-state index in [0.29, 0.717) is 12.3 Å². The number of ether oxygens (including phenoxy) is 1. The predicted molar refractivity (Wildman–Crippen MR) is 72.5 cm³/mol. The summed E-state index contributed by atoms with van der Waals surface area (Å²) in [5, 5.41) is 11.1. The van der Waals surface area contributed by atoms with Gasteiger partial charge < -0.3 is 10.5 Å². The normalized spacial score (nSPS) is 10.2. The first-order chi connectivity index (χ1) is 9.11. The number of nitro benzene ring substituents is 1. The van der Waals surface area contributed by atoms with Crippen LogP contribution in [0.1, 0.15) is 5.56 Å². The van der Waals surface area contributed by atoms with Gasteiger partial charge >= 0.3 is 5.69 Å². The summed E-state index contributed by atoms with van der Waals surface area (Å²) in [6, 6.07) is 11.3. The molecule has 0 radical (unpaired) electrons. The molecule has 19 heavy (non-hydrogen) atoms. The molecule has 0 heterocycles. The quantitative estimate of drug-likeness (QED) is 0.686. The lowest BCUT2D eigenvalue weighted by Crippen LogP contribution is -1.96. The number of para-hydroxylation sites is 1. The van der Waals surface area contributed by atoms with Gasteiger partial charge in [-0.1, -0.05) is 29.8 Å². The molecule has 0 aliphatic heterocycles. The van der Waals surface area contributed by atoms with Gasteiger partial charge in [0.2, 0.25) is 5.75 Å². The van der Waals surface area contributed by atoms with Gasteiger partial charge in [0.15, 0.2) is 0 Å². The minimum Gasteiger partial charge on any atom is -0.449 e. The molecule has 0 saturated carbocycles. The molecule has 0 amide bonds. The largest absolute Gasteiger partial charge is 0.449 e. The van der Waals surface area contributed by atoms with Crippen molar-refractivity contribution in [1.82, 2.24) is 0 Å². The van der Waals surface area contributed by atoms with E-state index in [2.05, 4.69) is 0 Å². The molecule has 2 N–H and O–H groups in total. The van der Waals surface area contributed by atoms with Gasteiger partial charge in [-0.3, -0.25) is 10.1 Å². The molecule has 0 atom stereocenters. The molecule has 0 aromatic heterocycles. The second kappa shape index (κ2) is 5.69. The minimum atomic E-state index is -0.532. The van der Waals surface area contributed by atoms with Crippen molar-refractivity contribution in [1.29, 1.82) is 0 Å². The van der Waals surface area contributed by atoms with Crippen molar-refractivity contribution in [3.8, 4) is 11.5 Å². The van der Waals surface area contributed by atoms with Gasteiger partial charge in [0.25, 0.3) is 0 Å². The Balaban J connectivity index is 2.34. The molecule has 0 aliphatic rings. The van der Waals surface area contributed by atoms with Crippen LogP contribution in [0.4, 0.5) is 5.69 Å². The highest BCUT2D eigenvalue weighted by Crippen LogP contribution is 2.37. The third kappa shape index (κ3) is 3.01. The van der Waals surface area contributed by atoms with Crippen LogP contribution in [0.5, 0.6) is 11.5 Å². The molecule has 0 spiro atoms. The van der Waals surface area contributed by atoms with Gasteiger partial charge in [0.1, 0.15) is 5.75 Å². The number of halogens is 1. The first kappa shape index (κ1) is 13.3. The van der Waals surface area contributed by atoms with E-state index in [-0.39, 0.29) is 16.5 Å². The Bertz CT molecular complexity index is 599. The third-order valence-electron chi connectivity index (χ3n) is 2.52. The van der Waals surface area contributed by atoms with Crippen molar-refractivity contribution >= 4 is 17.3 Å². The number of nitro groups is 1. The number of hydrogen-bond donors (Lipinski definition) is 1. The lowest BCUT2D eigenvalue weighted by molar-refractivity contribution is -0.385.